The van der Waals surface area contributed by atoms with Crippen LogP contribution in [0.1, 0.15) is 0 Å². The number of thioether (sulfide) groups is 1. The van der Waals surface area contributed by atoms with E-state index in [-0.39, 0.29) is 16.9 Å². The zero-order valence-electron chi connectivity index (χ0n) is 14.1. The summed E-state index contributed by atoms with van der Waals surface area (Å²) >= 11 is 6.97. The highest BCUT2D eigenvalue weighted by Crippen LogP contribution is 2.28. The lowest BCUT2D eigenvalue weighted by Gasteiger charge is -2.18. The van der Waals surface area contributed by atoms with Crippen LogP contribution in [0.15, 0.2) is 66.7 Å². The number of nitrogens with zero attached hydrogens (tertiary/aromatic N) is 1. The van der Waals surface area contributed by atoms with Gasteiger partial charge in [-0.2, -0.15) is 0 Å². The molecule has 0 saturated heterocycles. The zero-order valence-corrected chi connectivity index (χ0v) is 15.7. The molecule has 0 aliphatic rings. The van der Waals surface area contributed by atoms with Gasteiger partial charge in [-0.15, -0.1) is 0 Å². The first-order valence-corrected chi connectivity index (χ1v) is 9.35. The molecule has 0 aliphatic heterocycles. The second-order valence-electron chi connectivity index (χ2n) is 5.64. The fourth-order valence-corrected chi connectivity index (χ4v) is 3.37. The number of carbonyl (C=O) groups is 2. The van der Waals surface area contributed by atoms with Crippen LogP contribution in [0.2, 0.25) is 5.02 Å². The van der Waals surface area contributed by atoms with Crippen molar-refractivity contribution in [1.82, 2.24) is 0 Å². The third kappa shape index (κ3) is 4.18. The number of halogens is 1. The van der Waals surface area contributed by atoms with Gasteiger partial charge in [-0.1, -0.05) is 71.9 Å². The minimum absolute atomic E-state index is 0.0131. The Labute approximate surface area is 161 Å². The number of hydrogen-bond acceptors (Lipinski definition) is 3. The summed E-state index contributed by atoms with van der Waals surface area (Å²) < 4.78 is 0. The molecule has 0 bridgehead atoms. The van der Waals surface area contributed by atoms with E-state index in [0.717, 1.165) is 28.2 Å². The Morgan fingerprint density at radius 3 is 2.50 bits per heavy atom. The topological polar surface area (TPSA) is 49.4 Å². The molecule has 0 atom stereocenters. The quantitative estimate of drug-likeness (QED) is 0.653. The first kappa shape index (κ1) is 18.3. The van der Waals surface area contributed by atoms with Crippen molar-refractivity contribution in [2.45, 2.75) is 0 Å². The maximum absolute atomic E-state index is 12.5. The van der Waals surface area contributed by atoms with Crippen molar-refractivity contribution in [3.8, 4) is 0 Å². The van der Waals surface area contributed by atoms with Crippen LogP contribution in [0.5, 0.6) is 0 Å². The second-order valence-corrected chi connectivity index (χ2v) is 6.97. The van der Waals surface area contributed by atoms with Crippen molar-refractivity contribution in [2.24, 2.45) is 0 Å². The maximum Gasteiger partial charge on any atom is 0.286 e. The summed E-state index contributed by atoms with van der Waals surface area (Å²) in [5.74, 6) is -0.262. The first-order chi connectivity index (χ1) is 12.6. The predicted molar refractivity (Wildman–Crippen MR) is 110 cm³/mol. The van der Waals surface area contributed by atoms with Crippen molar-refractivity contribution >= 4 is 56.7 Å². The van der Waals surface area contributed by atoms with E-state index in [1.165, 1.54) is 0 Å². The Bertz CT molecular complexity index is 956. The molecule has 4 nitrogen and oxygen atoms in total. The van der Waals surface area contributed by atoms with Gasteiger partial charge in [0.15, 0.2) is 0 Å². The normalized spacial score (nSPS) is 10.5. The summed E-state index contributed by atoms with van der Waals surface area (Å²) in [5, 5.41) is 5.03. The minimum Gasteiger partial charge on any atom is -0.324 e. The fourth-order valence-electron chi connectivity index (χ4n) is 2.57. The van der Waals surface area contributed by atoms with Crippen LogP contribution in [-0.4, -0.2) is 23.9 Å². The Kier molecular flexibility index (Phi) is 5.81. The second kappa shape index (κ2) is 8.25. The number of fused-ring (bicyclic) bond motifs is 1. The minimum atomic E-state index is -0.275. The van der Waals surface area contributed by atoms with E-state index in [0.29, 0.717) is 10.7 Å². The Morgan fingerprint density at radius 2 is 1.69 bits per heavy atom. The van der Waals surface area contributed by atoms with Crippen LogP contribution in [0.25, 0.3) is 10.8 Å². The Balaban J connectivity index is 1.64. The van der Waals surface area contributed by atoms with E-state index in [4.69, 9.17) is 11.6 Å². The number of para-hydroxylation sites is 1. The summed E-state index contributed by atoms with van der Waals surface area (Å²) in [4.78, 5) is 26.1. The van der Waals surface area contributed by atoms with Crippen LogP contribution in [0.3, 0.4) is 0 Å². The average molecular weight is 385 g/mol. The lowest BCUT2D eigenvalue weighted by molar-refractivity contribution is -0.113. The zero-order chi connectivity index (χ0) is 18.5. The molecule has 0 fully saturated rings. The van der Waals surface area contributed by atoms with Gasteiger partial charge in [-0.05, 0) is 23.6 Å². The van der Waals surface area contributed by atoms with Gasteiger partial charge in [0.05, 0.1) is 22.2 Å². The van der Waals surface area contributed by atoms with E-state index in [9.17, 15) is 9.59 Å². The summed E-state index contributed by atoms with van der Waals surface area (Å²) in [5.41, 5.74) is 1.35. The van der Waals surface area contributed by atoms with Crippen molar-refractivity contribution in [2.75, 3.05) is 23.0 Å². The largest absolute Gasteiger partial charge is 0.324 e. The molecule has 0 radical (unpaired) electrons. The predicted octanol–water partition coefficient (Wildman–Crippen LogP) is 5.42. The van der Waals surface area contributed by atoms with Gasteiger partial charge in [0.2, 0.25) is 5.91 Å². The summed E-state index contributed by atoms with van der Waals surface area (Å²) in [6, 6.07) is 20.7. The first-order valence-electron chi connectivity index (χ1n) is 7.99. The highest BCUT2D eigenvalue weighted by Gasteiger charge is 2.16. The number of anilines is 2. The van der Waals surface area contributed by atoms with Gasteiger partial charge in [-0.25, -0.2) is 0 Å². The number of amides is 2. The molecular formula is C20H17ClN2O2S. The molecule has 3 rings (SSSR count). The molecule has 0 unspecified atom stereocenters. The molecule has 132 valence electrons. The molecule has 2 amide bonds. The van der Waals surface area contributed by atoms with Gasteiger partial charge in [0, 0.05) is 12.4 Å². The van der Waals surface area contributed by atoms with Crippen molar-refractivity contribution in [3.05, 3.63) is 71.8 Å². The van der Waals surface area contributed by atoms with Gasteiger partial charge in [0.1, 0.15) is 0 Å². The molecule has 3 aromatic rings. The molecule has 0 aliphatic carbocycles. The highest BCUT2D eigenvalue weighted by molar-refractivity contribution is 8.14. The Morgan fingerprint density at radius 1 is 1.00 bits per heavy atom. The van der Waals surface area contributed by atoms with Crippen molar-refractivity contribution < 1.29 is 9.59 Å². The van der Waals surface area contributed by atoms with Crippen LogP contribution >= 0.6 is 23.4 Å². The Hall–Kier alpha value is -2.50. The number of rotatable bonds is 4. The summed E-state index contributed by atoms with van der Waals surface area (Å²) in [6.07, 6.45) is 0. The SMILES string of the molecule is CN(C(=O)SCC(=O)Nc1ccccc1Cl)c1cccc2ccccc12. The van der Waals surface area contributed by atoms with Crippen molar-refractivity contribution in [3.63, 3.8) is 0 Å². The van der Waals surface area contributed by atoms with Gasteiger partial charge in [0.25, 0.3) is 5.24 Å². The number of hydrogen-bond donors (Lipinski definition) is 1. The average Bonchev–Trinajstić information content (AvgIpc) is 2.67. The van der Waals surface area contributed by atoms with E-state index >= 15 is 0 Å². The summed E-state index contributed by atoms with van der Waals surface area (Å²) in [6.45, 7) is 0. The third-order valence-electron chi connectivity index (χ3n) is 3.88. The summed E-state index contributed by atoms with van der Waals surface area (Å²) in [7, 11) is 1.71. The van der Waals surface area contributed by atoms with E-state index in [2.05, 4.69) is 5.32 Å². The molecule has 1 N–H and O–H groups in total. The fraction of sp³-hybridized carbons (Fsp3) is 0.100. The highest BCUT2D eigenvalue weighted by atomic mass is 35.5. The lowest BCUT2D eigenvalue weighted by Crippen LogP contribution is -2.24. The molecule has 0 aromatic heterocycles. The van der Waals surface area contributed by atoms with Crippen LogP contribution in [-0.2, 0) is 4.79 Å². The molecule has 6 heteroatoms. The van der Waals surface area contributed by atoms with Gasteiger partial charge >= 0.3 is 0 Å². The molecule has 0 heterocycles. The van der Waals surface area contributed by atoms with Crippen LogP contribution < -0.4 is 10.2 Å². The molecule has 26 heavy (non-hydrogen) atoms. The smallest absolute Gasteiger partial charge is 0.286 e. The monoisotopic (exact) mass is 384 g/mol. The van der Waals surface area contributed by atoms with Gasteiger partial charge in [-0.3, -0.25) is 9.59 Å². The van der Waals surface area contributed by atoms with Gasteiger partial charge < -0.3 is 10.2 Å². The number of nitrogens with one attached hydrogen (secondary N) is 1. The molecule has 3 aromatic carbocycles. The standard InChI is InChI=1S/C20H17ClN2O2S/c1-23(18-12-6-8-14-7-2-3-9-15(14)18)20(25)26-13-19(24)22-17-11-5-4-10-16(17)21/h2-12H,13H2,1H3,(H,22,24). The molecule has 0 spiro atoms. The lowest BCUT2D eigenvalue weighted by atomic mass is 10.1. The maximum atomic E-state index is 12.5. The molecule has 0 saturated carbocycles. The van der Waals surface area contributed by atoms with Crippen molar-refractivity contribution in [1.29, 1.82) is 0 Å². The van der Waals surface area contributed by atoms with Crippen LogP contribution in [0.4, 0.5) is 16.2 Å². The number of carbonyl (C=O) groups excluding carboxylic acids is 2. The van der Waals surface area contributed by atoms with Crippen LogP contribution in [0, 0.1) is 0 Å². The van der Waals surface area contributed by atoms with E-state index in [1.54, 1.807) is 36.2 Å². The third-order valence-corrected chi connectivity index (χ3v) is 5.13. The molecular weight excluding hydrogens is 368 g/mol. The number of benzene rings is 3. The van der Waals surface area contributed by atoms with E-state index in [1.807, 2.05) is 42.5 Å². The van der Waals surface area contributed by atoms with E-state index < -0.39 is 0 Å².